The smallest absolute Gasteiger partial charge is 0.345 e. The van der Waals surface area contributed by atoms with Crippen LogP contribution in [0.3, 0.4) is 0 Å². The van der Waals surface area contributed by atoms with Gasteiger partial charge in [-0.2, -0.15) is 0 Å². The van der Waals surface area contributed by atoms with Gasteiger partial charge in [-0.05, 0) is 30.5 Å². The predicted octanol–water partition coefficient (Wildman–Crippen LogP) is 1.25. The molecule has 11 nitrogen and oxygen atoms in total. The number of rotatable bonds is 12. The summed E-state index contributed by atoms with van der Waals surface area (Å²) in [6.45, 7) is 1.05. The second-order valence-corrected chi connectivity index (χ2v) is 7.82. The first kappa shape index (κ1) is 28.1. The van der Waals surface area contributed by atoms with E-state index in [1.807, 2.05) is 0 Å². The molecule has 0 heterocycles. The summed E-state index contributed by atoms with van der Waals surface area (Å²) < 4.78 is 4.51. The minimum Gasteiger partial charge on any atom is -0.478 e. The number of nitrogens with zero attached hydrogens (tertiary/aromatic N) is 2. The number of hydrogen-bond acceptors (Lipinski definition) is 7. The van der Waals surface area contributed by atoms with Gasteiger partial charge < -0.3 is 21.3 Å². The van der Waals surface area contributed by atoms with Gasteiger partial charge in [-0.15, -0.1) is 0 Å². The summed E-state index contributed by atoms with van der Waals surface area (Å²) in [7, 11) is 1.15. The van der Waals surface area contributed by atoms with E-state index in [9.17, 15) is 24.3 Å². The minimum absolute atomic E-state index is 0.0634. The number of benzene rings is 1. The Bertz CT molecular complexity index is 922. The van der Waals surface area contributed by atoms with Gasteiger partial charge in [-0.1, -0.05) is 29.3 Å². The maximum atomic E-state index is 12.9. The molecule has 0 aromatic heterocycles. The highest BCUT2D eigenvalue weighted by molar-refractivity contribution is 6.42. The van der Waals surface area contributed by atoms with Crippen molar-refractivity contribution in [2.75, 3.05) is 13.7 Å². The molecule has 33 heavy (non-hydrogen) atoms. The number of carboxylic acids is 1. The number of carboxylic acid groups (broad SMARTS) is 1. The van der Waals surface area contributed by atoms with Crippen LogP contribution in [0.15, 0.2) is 23.2 Å². The van der Waals surface area contributed by atoms with Crippen molar-refractivity contribution >= 4 is 52.9 Å². The monoisotopic (exact) mass is 503 g/mol. The number of nitrogens with one attached hydrogen (secondary N) is 1. The Labute approximate surface area is 201 Å². The predicted molar refractivity (Wildman–Crippen MR) is 122 cm³/mol. The van der Waals surface area contributed by atoms with Crippen molar-refractivity contribution < 1.29 is 29.0 Å². The molecule has 0 spiro atoms. The number of esters is 1. The van der Waals surface area contributed by atoms with Gasteiger partial charge in [-0.25, -0.2) is 4.79 Å². The molecule has 0 unspecified atom stereocenters. The number of guanidine groups is 1. The number of nitrogens with two attached hydrogens (primary N) is 2. The number of amides is 2. The molecule has 0 saturated heterocycles. The molecule has 0 fully saturated rings. The lowest BCUT2D eigenvalue weighted by molar-refractivity contribution is -0.170. The largest absolute Gasteiger partial charge is 0.478 e. The highest BCUT2D eigenvalue weighted by Gasteiger charge is 2.48. The fraction of sp³-hybridized carbons (Fsp3) is 0.450. The van der Waals surface area contributed by atoms with Crippen molar-refractivity contribution in [3.63, 3.8) is 0 Å². The first-order chi connectivity index (χ1) is 15.4. The van der Waals surface area contributed by atoms with Gasteiger partial charge in [-0.3, -0.25) is 29.6 Å². The van der Waals surface area contributed by atoms with E-state index in [0.29, 0.717) is 15.5 Å². The van der Waals surface area contributed by atoms with Crippen LogP contribution in [0.25, 0.3) is 0 Å². The fourth-order valence-electron chi connectivity index (χ4n) is 3.08. The SMILES string of the molecule is COC(=O)CCC(=O)N(C(C)=O)[C@](CCCN=C(N)N)(NCc1ccc(Cl)c(Cl)c1)C(=O)O. The van der Waals surface area contributed by atoms with Crippen LogP contribution < -0.4 is 16.8 Å². The number of hydrogen-bond donors (Lipinski definition) is 4. The van der Waals surface area contributed by atoms with E-state index in [0.717, 1.165) is 14.0 Å². The van der Waals surface area contributed by atoms with Gasteiger partial charge in [0.05, 0.1) is 23.6 Å². The quantitative estimate of drug-likeness (QED) is 0.107. The van der Waals surface area contributed by atoms with Crippen LogP contribution in [0, 0.1) is 0 Å². The molecule has 1 atom stereocenters. The van der Waals surface area contributed by atoms with E-state index in [1.165, 1.54) is 12.1 Å². The van der Waals surface area contributed by atoms with E-state index in [2.05, 4.69) is 15.0 Å². The highest BCUT2D eigenvalue weighted by Crippen LogP contribution is 2.26. The van der Waals surface area contributed by atoms with E-state index in [4.69, 9.17) is 34.7 Å². The van der Waals surface area contributed by atoms with Gasteiger partial charge in [0.15, 0.2) is 11.6 Å². The van der Waals surface area contributed by atoms with Gasteiger partial charge in [0.25, 0.3) is 0 Å². The molecule has 6 N–H and O–H groups in total. The topological polar surface area (TPSA) is 177 Å². The molecule has 0 radical (unpaired) electrons. The maximum absolute atomic E-state index is 12.9. The van der Waals surface area contributed by atoms with Crippen LogP contribution in [0.2, 0.25) is 10.0 Å². The van der Waals surface area contributed by atoms with Crippen LogP contribution in [-0.2, 0) is 30.5 Å². The van der Waals surface area contributed by atoms with Crippen molar-refractivity contribution in [2.45, 2.75) is 44.8 Å². The average Bonchev–Trinajstić information content (AvgIpc) is 2.74. The maximum Gasteiger partial charge on any atom is 0.345 e. The molecule has 0 aliphatic heterocycles. The summed E-state index contributed by atoms with van der Waals surface area (Å²) in [6.07, 6.45) is -0.851. The second kappa shape index (κ2) is 13.0. The molecule has 1 rings (SSSR count). The van der Waals surface area contributed by atoms with E-state index >= 15 is 0 Å². The van der Waals surface area contributed by atoms with Crippen LogP contribution in [0.5, 0.6) is 0 Å². The van der Waals surface area contributed by atoms with Crippen molar-refractivity contribution in [3.05, 3.63) is 33.8 Å². The Hall–Kier alpha value is -2.89. The number of aliphatic carboxylic acids is 1. The zero-order valence-corrected chi connectivity index (χ0v) is 19.8. The summed E-state index contributed by atoms with van der Waals surface area (Å²) in [6, 6.07) is 4.68. The summed E-state index contributed by atoms with van der Waals surface area (Å²) in [5, 5.41) is 13.5. The molecule has 0 aliphatic rings. The number of imide groups is 1. The zero-order chi connectivity index (χ0) is 25.2. The molecular weight excluding hydrogens is 477 g/mol. The molecule has 0 bridgehead atoms. The Morgan fingerprint density at radius 3 is 2.36 bits per heavy atom. The normalized spacial score (nSPS) is 12.4. The third kappa shape index (κ3) is 8.19. The van der Waals surface area contributed by atoms with Gasteiger partial charge in [0.2, 0.25) is 11.8 Å². The number of halogens is 2. The Morgan fingerprint density at radius 2 is 1.85 bits per heavy atom. The molecular formula is C20H27Cl2N5O6. The third-order valence-electron chi connectivity index (χ3n) is 4.63. The lowest BCUT2D eigenvalue weighted by Gasteiger charge is -2.39. The van der Waals surface area contributed by atoms with E-state index < -0.39 is 35.8 Å². The lowest BCUT2D eigenvalue weighted by Crippen LogP contribution is -2.67. The van der Waals surface area contributed by atoms with Crippen molar-refractivity contribution in [2.24, 2.45) is 16.5 Å². The van der Waals surface area contributed by atoms with Crippen LogP contribution in [0.4, 0.5) is 0 Å². The number of carbonyl (C=O) groups excluding carboxylic acids is 3. The molecule has 0 saturated carbocycles. The van der Waals surface area contributed by atoms with Crippen LogP contribution in [0.1, 0.15) is 38.2 Å². The first-order valence-corrected chi connectivity index (χ1v) is 10.6. The summed E-state index contributed by atoms with van der Waals surface area (Å²) in [5.41, 5.74) is 9.03. The average molecular weight is 504 g/mol. The van der Waals surface area contributed by atoms with Gasteiger partial charge in [0.1, 0.15) is 0 Å². The highest BCUT2D eigenvalue weighted by atomic mass is 35.5. The van der Waals surface area contributed by atoms with E-state index in [-0.39, 0.29) is 43.3 Å². The zero-order valence-electron chi connectivity index (χ0n) is 18.3. The van der Waals surface area contributed by atoms with Crippen molar-refractivity contribution in [1.82, 2.24) is 10.2 Å². The number of ether oxygens (including phenoxy) is 1. The van der Waals surface area contributed by atoms with Crippen LogP contribution in [-0.4, -0.2) is 59.0 Å². The summed E-state index contributed by atoms with van der Waals surface area (Å²) >= 11 is 12.0. The Morgan fingerprint density at radius 1 is 1.18 bits per heavy atom. The molecule has 13 heteroatoms. The Balaban J connectivity index is 3.33. The number of aliphatic imine (C=N–C) groups is 1. The molecule has 2 amide bonds. The number of carbonyl (C=O) groups is 4. The fourth-order valence-corrected chi connectivity index (χ4v) is 3.40. The summed E-state index contributed by atoms with van der Waals surface area (Å²) in [5.74, 6) is -4.02. The molecule has 0 aliphatic carbocycles. The first-order valence-electron chi connectivity index (χ1n) is 9.82. The van der Waals surface area contributed by atoms with Gasteiger partial charge >= 0.3 is 11.9 Å². The van der Waals surface area contributed by atoms with Crippen LogP contribution >= 0.6 is 23.2 Å². The summed E-state index contributed by atoms with van der Waals surface area (Å²) in [4.78, 5) is 53.8. The number of methoxy groups -OCH3 is 1. The van der Waals surface area contributed by atoms with E-state index in [1.54, 1.807) is 6.07 Å². The second-order valence-electron chi connectivity index (χ2n) is 7.00. The molecule has 1 aromatic rings. The third-order valence-corrected chi connectivity index (χ3v) is 5.37. The van der Waals surface area contributed by atoms with Gasteiger partial charge in [0, 0.05) is 26.4 Å². The van der Waals surface area contributed by atoms with Crippen molar-refractivity contribution in [3.8, 4) is 0 Å². The minimum atomic E-state index is -2.15. The molecule has 182 valence electrons. The Kier molecular flexibility index (Phi) is 11.1. The standard InChI is InChI=1S/C20H27Cl2N5O6/c1-12(28)27(16(29)6-7-17(30)33-2)20(18(31)32,8-3-9-25-19(23)24)26-11-13-4-5-14(21)15(22)10-13/h4-5,10,26H,3,6-9,11H2,1-2H3,(H,31,32)(H4,23,24,25)/t20-/m0/s1. The lowest BCUT2D eigenvalue weighted by atomic mass is 9.99. The molecule has 1 aromatic carbocycles. The van der Waals surface area contributed by atoms with Crippen molar-refractivity contribution in [1.29, 1.82) is 0 Å².